The molecule has 0 spiro atoms. The van der Waals surface area contributed by atoms with Gasteiger partial charge in [0.1, 0.15) is 0 Å². The van der Waals surface area contributed by atoms with Crippen LogP contribution in [0.15, 0.2) is 0 Å². The van der Waals surface area contributed by atoms with Gasteiger partial charge in [0.05, 0.1) is 0 Å². The van der Waals surface area contributed by atoms with Crippen molar-refractivity contribution in [2.24, 2.45) is 5.41 Å². The minimum atomic E-state index is 0.618. The van der Waals surface area contributed by atoms with E-state index in [1.54, 1.807) is 0 Å². The second-order valence-electron chi connectivity index (χ2n) is 4.55. The first-order valence-electron chi connectivity index (χ1n) is 5.47. The van der Waals surface area contributed by atoms with Gasteiger partial charge in [-0.15, -0.1) is 0 Å². The molecule has 0 aliphatic heterocycles. The summed E-state index contributed by atoms with van der Waals surface area (Å²) in [5.74, 6) is 0. The van der Waals surface area contributed by atoms with E-state index in [2.05, 4.69) is 19.2 Å². The molecule has 1 fully saturated rings. The van der Waals surface area contributed by atoms with E-state index >= 15 is 0 Å². The van der Waals surface area contributed by atoms with Crippen LogP contribution in [0.1, 0.15) is 52.4 Å². The van der Waals surface area contributed by atoms with Crippen LogP contribution < -0.4 is 5.32 Å². The molecule has 1 N–H and O–H groups in total. The molecular formula is C11H23N. The molecule has 1 heteroatoms. The highest BCUT2D eigenvalue weighted by molar-refractivity contribution is 4.80. The molecule has 12 heavy (non-hydrogen) atoms. The Morgan fingerprint density at radius 1 is 1.17 bits per heavy atom. The van der Waals surface area contributed by atoms with E-state index < -0.39 is 0 Å². The van der Waals surface area contributed by atoms with Gasteiger partial charge in [0.15, 0.2) is 0 Å². The van der Waals surface area contributed by atoms with Gasteiger partial charge in [0, 0.05) is 6.54 Å². The van der Waals surface area contributed by atoms with E-state index in [1.165, 1.54) is 51.6 Å². The molecule has 0 atom stereocenters. The first-order chi connectivity index (χ1) is 5.77. The number of hydrogen-bond acceptors (Lipinski definition) is 1. The first-order valence-corrected chi connectivity index (χ1v) is 5.47. The quantitative estimate of drug-likeness (QED) is 0.638. The van der Waals surface area contributed by atoms with Crippen LogP contribution in [0.4, 0.5) is 0 Å². The highest BCUT2D eigenvalue weighted by Crippen LogP contribution is 2.34. The summed E-state index contributed by atoms with van der Waals surface area (Å²) in [6.07, 6.45) is 8.49. The maximum atomic E-state index is 3.55. The van der Waals surface area contributed by atoms with Crippen molar-refractivity contribution < 1.29 is 0 Å². The predicted octanol–water partition coefficient (Wildman–Crippen LogP) is 2.96. The van der Waals surface area contributed by atoms with E-state index in [1.807, 2.05) is 0 Å². The molecule has 1 nitrogen and oxygen atoms in total. The Morgan fingerprint density at radius 2 is 1.83 bits per heavy atom. The predicted molar refractivity (Wildman–Crippen MR) is 54.4 cm³/mol. The van der Waals surface area contributed by atoms with Crippen molar-refractivity contribution in [1.82, 2.24) is 5.32 Å². The normalized spacial score (nSPS) is 22.5. The Bertz CT molecular complexity index is 114. The van der Waals surface area contributed by atoms with E-state index in [0.717, 1.165) is 0 Å². The van der Waals surface area contributed by atoms with Gasteiger partial charge in [0.2, 0.25) is 0 Å². The number of rotatable bonds is 4. The molecule has 0 heterocycles. The number of nitrogens with one attached hydrogen (secondary N) is 1. The van der Waals surface area contributed by atoms with Crippen molar-refractivity contribution in [1.29, 1.82) is 0 Å². The second kappa shape index (κ2) is 4.86. The van der Waals surface area contributed by atoms with Crippen LogP contribution in [0.2, 0.25) is 0 Å². The van der Waals surface area contributed by atoms with Crippen LogP contribution in [0.25, 0.3) is 0 Å². The van der Waals surface area contributed by atoms with Gasteiger partial charge < -0.3 is 5.32 Å². The molecule has 0 aromatic heterocycles. The van der Waals surface area contributed by atoms with Crippen LogP contribution in [-0.4, -0.2) is 13.1 Å². The summed E-state index contributed by atoms with van der Waals surface area (Å²) >= 11 is 0. The Kier molecular flexibility index (Phi) is 4.07. The summed E-state index contributed by atoms with van der Waals surface area (Å²) in [5.41, 5.74) is 0.618. The molecule has 0 aromatic carbocycles. The lowest BCUT2D eigenvalue weighted by molar-refractivity contribution is 0.208. The summed E-state index contributed by atoms with van der Waals surface area (Å²) in [7, 11) is 0. The molecule has 0 aromatic rings. The summed E-state index contributed by atoms with van der Waals surface area (Å²) in [6.45, 7) is 7.10. The first kappa shape index (κ1) is 10.0. The van der Waals surface area contributed by atoms with Crippen LogP contribution in [0.3, 0.4) is 0 Å². The molecule has 1 rings (SSSR count). The third-order valence-corrected chi connectivity index (χ3v) is 3.04. The molecular weight excluding hydrogens is 146 g/mol. The second-order valence-corrected chi connectivity index (χ2v) is 4.55. The zero-order valence-corrected chi connectivity index (χ0v) is 8.66. The molecule has 0 radical (unpaired) electrons. The average molecular weight is 169 g/mol. The third kappa shape index (κ3) is 3.14. The van der Waals surface area contributed by atoms with E-state index in [-0.39, 0.29) is 0 Å². The van der Waals surface area contributed by atoms with Gasteiger partial charge in [0.25, 0.3) is 0 Å². The Labute approximate surface area is 76.9 Å². The van der Waals surface area contributed by atoms with Crippen LogP contribution in [-0.2, 0) is 0 Å². The SMILES string of the molecule is CCCNCC1(C)CCCCC1. The zero-order chi connectivity index (χ0) is 8.86. The largest absolute Gasteiger partial charge is 0.316 e. The van der Waals surface area contributed by atoms with Crippen molar-refractivity contribution in [3.8, 4) is 0 Å². The van der Waals surface area contributed by atoms with Gasteiger partial charge in [-0.1, -0.05) is 33.1 Å². The third-order valence-electron chi connectivity index (χ3n) is 3.04. The molecule has 1 saturated carbocycles. The Hall–Kier alpha value is -0.0400. The van der Waals surface area contributed by atoms with Crippen molar-refractivity contribution in [2.75, 3.05) is 13.1 Å². The van der Waals surface area contributed by atoms with Crippen molar-refractivity contribution >= 4 is 0 Å². The zero-order valence-electron chi connectivity index (χ0n) is 8.66. The van der Waals surface area contributed by atoms with Gasteiger partial charge in [-0.3, -0.25) is 0 Å². The monoisotopic (exact) mass is 169 g/mol. The molecule has 0 bridgehead atoms. The maximum Gasteiger partial charge on any atom is 0.000516 e. The standard InChI is InChI=1S/C11H23N/c1-3-9-12-10-11(2)7-5-4-6-8-11/h12H,3-10H2,1-2H3. The molecule has 0 amide bonds. The van der Waals surface area contributed by atoms with Crippen LogP contribution >= 0.6 is 0 Å². The fourth-order valence-electron chi connectivity index (χ4n) is 2.15. The summed E-state index contributed by atoms with van der Waals surface area (Å²) in [6, 6.07) is 0. The molecule has 0 unspecified atom stereocenters. The lowest BCUT2D eigenvalue weighted by Crippen LogP contribution is -2.33. The van der Waals surface area contributed by atoms with Crippen molar-refractivity contribution in [2.45, 2.75) is 52.4 Å². The van der Waals surface area contributed by atoms with Crippen LogP contribution in [0, 0.1) is 5.41 Å². The molecule has 1 aliphatic carbocycles. The van der Waals surface area contributed by atoms with E-state index in [0.29, 0.717) is 5.41 Å². The average Bonchev–Trinajstić information content (AvgIpc) is 2.06. The van der Waals surface area contributed by atoms with Gasteiger partial charge in [-0.25, -0.2) is 0 Å². The summed E-state index contributed by atoms with van der Waals surface area (Å²) in [5, 5.41) is 3.55. The molecule has 1 aliphatic rings. The summed E-state index contributed by atoms with van der Waals surface area (Å²) < 4.78 is 0. The van der Waals surface area contributed by atoms with Crippen molar-refractivity contribution in [3.05, 3.63) is 0 Å². The fraction of sp³-hybridized carbons (Fsp3) is 1.00. The maximum absolute atomic E-state index is 3.55. The van der Waals surface area contributed by atoms with Crippen molar-refractivity contribution in [3.63, 3.8) is 0 Å². The van der Waals surface area contributed by atoms with Gasteiger partial charge in [-0.2, -0.15) is 0 Å². The minimum absolute atomic E-state index is 0.618. The smallest absolute Gasteiger partial charge is 0.000516 e. The minimum Gasteiger partial charge on any atom is -0.316 e. The molecule has 0 saturated heterocycles. The topological polar surface area (TPSA) is 12.0 Å². The Morgan fingerprint density at radius 3 is 2.42 bits per heavy atom. The van der Waals surface area contributed by atoms with E-state index in [9.17, 15) is 0 Å². The summed E-state index contributed by atoms with van der Waals surface area (Å²) in [4.78, 5) is 0. The van der Waals surface area contributed by atoms with Gasteiger partial charge in [-0.05, 0) is 31.2 Å². The van der Waals surface area contributed by atoms with Gasteiger partial charge >= 0.3 is 0 Å². The van der Waals surface area contributed by atoms with Crippen LogP contribution in [0.5, 0.6) is 0 Å². The lowest BCUT2D eigenvalue weighted by atomic mass is 9.76. The Balaban J connectivity index is 2.17. The highest BCUT2D eigenvalue weighted by atomic mass is 14.9. The fourth-order valence-corrected chi connectivity index (χ4v) is 2.15. The number of hydrogen-bond donors (Lipinski definition) is 1. The lowest BCUT2D eigenvalue weighted by Gasteiger charge is -2.33. The van der Waals surface area contributed by atoms with E-state index in [4.69, 9.17) is 0 Å². The molecule has 72 valence electrons. The highest BCUT2D eigenvalue weighted by Gasteiger charge is 2.25.